The van der Waals surface area contributed by atoms with E-state index in [2.05, 4.69) is 17.0 Å². The molecule has 0 radical (unpaired) electrons. The van der Waals surface area contributed by atoms with Gasteiger partial charge in [0.2, 0.25) is 0 Å². The van der Waals surface area contributed by atoms with E-state index in [-0.39, 0.29) is 0 Å². The van der Waals surface area contributed by atoms with Gasteiger partial charge in [0.25, 0.3) is 0 Å². The first-order chi connectivity index (χ1) is 5.25. The van der Waals surface area contributed by atoms with Gasteiger partial charge in [-0.1, -0.05) is 12.7 Å². The Labute approximate surface area is 71.2 Å². The third kappa shape index (κ3) is 1.77. The van der Waals surface area contributed by atoms with Crippen molar-refractivity contribution >= 4 is 23.2 Å². The zero-order valence-corrected chi connectivity index (χ0v) is 7.61. The van der Waals surface area contributed by atoms with Crippen molar-refractivity contribution in [3.05, 3.63) is 29.3 Å². The highest BCUT2D eigenvalue weighted by Crippen LogP contribution is 2.21. The lowest BCUT2D eigenvalue weighted by atomic mass is 10.1. The molecule has 0 aliphatic heterocycles. The summed E-state index contributed by atoms with van der Waals surface area (Å²) in [6.45, 7) is 7.87. The number of hydrogen-bond acceptors (Lipinski definition) is 2. The SMILES string of the molecule is C=C(C)c1cnsc1/C=C\C. The van der Waals surface area contributed by atoms with E-state index in [4.69, 9.17) is 0 Å². The summed E-state index contributed by atoms with van der Waals surface area (Å²) in [6.07, 6.45) is 5.93. The summed E-state index contributed by atoms with van der Waals surface area (Å²) < 4.78 is 4.09. The number of allylic oxidation sites excluding steroid dienone is 2. The minimum Gasteiger partial charge on any atom is -0.200 e. The summed E-state index contributed by atoms with van der Waals surface area (Å²) in [7, 11) is 0. The fourth-order valence-corrected chi connectivity index (χ4v) is 1.63. The second kappa shape index (κ2) is 3.49. The summed E-state index contributed by atoms with van der Waals surface area (Å²) in [4.78, 5) is 1.19. The summed E-state index contributed by atoms with van der Waals surface area (Å²) in [5.74, 6) is 0. The molecule has 0 saturated carbocycles. The van der Waals surface area contributed by atoms with E-state index in [0.29, 0.717) is 0 Å². The summed E-state index contributed by atoms with van der Waals surface area (Å²) >= 11 is 1.50. The van der Waals surface area contributed by atoms with Gasteiger partial charge in [0.05, 0.1) is 4.88 Å². The molecule has 11 heavy (non-hydrogen) atoms. The molecular weight excluding hydrogens is 154 g/mol. The topological polar surface area (TPSA) is 12.9 Å². The van der Waals surface area contributed by atoms with Crippen LogP contribution in [0.5, 0.6) is 0 Å². The monoisotopic (exact) mass is 165 g/mol. The van der Waals surface area contributed by atoms with Crippen LogP contribution in [-0.4, -0.2) is 4.37 Å². The van der Waals surface area contributed by atoms with Crippen LogP contribution in [0.15, 0.2) is 18.9 Å². The Bertz CT molecular complexity index is 284. The van der Waals surface area contributed by atoms with E-state index in [1.807, 2.05) is 26.1 Å². The Balaban J connectivity index is 3.05. The molecule has 0 unspecified atom stereocenters. The second-order valence-corrected chi connectivity index (χ2v) is 3.22. The van der Waals surface area contributed by atoms with E-state index >= 15 is 0 Å². The second-order valence-electron chi connectivity index (χ2n) is 2.38. The first kappa shape index (κ1) is 8.21. The van der Waals surface area contributed by atoms with Crippen molar-refractivity contribution in [1.82, 2.24) is 4.37 Å². The lowest BCUT2D eigenvalue weighted by Gasteiger charge is -1.93. The number of hydrogen-bond donors (Lipinski definition) is 0. The molecule has 0 aliphatic carbocycles. The maximum absolute atomic E-state index is 4.09. The van der Waals surface area contributed by atoms with Crippen LogP contribution in [0.25, 0.3) is 11.6 Å². The minimum absolute atomic E-state index is 1.08. The lowest BCUT2D eigenvalue weighted by molar-refractivity contribution is 1.52. The maximum atomic E-state index is 4.09. The van der Waals surface area contributed by atoms with Crippen molar-refractivity contribution in [2.75, 3.05) is 0 Å². The van der Waals surface area contributed by atoms with Gasteiger partial charge in [0.1, 0.15) is 0 Å². The van der Waals surface area contributed by atoms with Crippen LogP contribution >= 0.6 is 11.5 Å². The van der Waals surface area contributed by atoms with Gasteiger partial charge in [-0.05, 0) is 37.0 Å². The Morgan fingerprint density at radius 3 is 3.00 bits per heavy atom. The van der Waals surface area contributed by atoms with Gasteiger partial charge in [-0.15, -0.1) is 0 Å². The van der Waals surface area contributed by atoms with Gasteiger partial charge in [-0.3, -0.25) is 0 Å². The molecule has 58 valence electrons. The van der Waals surface area contributed by atoms with E-state index in [1.165, 1.54) is 16.4 Å². The number of rotatable bonds is 2. The lowest BCUT2D eigenvalue weighted by Crippen LogP contribution is -1.74. The smallest absolute Gasteiger partial charge is 0.0549 e. The quantitative estimate of drug-likeness (QED) is 0.655. The van der Waals surface area contributed by atoms with Crippen LogP contribution in [0.2, 0.25) is 0 Å². The molecule has 0 N–H and O–H groups in total. The molecule has 0 aliphatic rings. The van der Waals surface area contributed by atoms with Crippen molar-refractivity contribution in [3.8, 4) is 0 Å². The predicted octanol–water partition coefficient (Wildman–Crippen LogP) is 3.21. The molecule has 1 aromatic rings. The van der Waals surface area contributed by atoms with Gasteiger partial charge in [-0.25, -0.2) is 0 Å². The van der Waals surface area contributed by atoms with Crippen LogP contribution in [0, 0.1) is 0 Å². The highest BCUT2D eigenvalue weighted by Gasteiger charge is 2.01. The molecular formula is C9H11NS. The summed E-state index contributed by atoms with van der Waals surface area (Å²) in [5, 5.41) is 0. The average Bonchev–Trinajstić information content (AvgIpc) is 2.36. The largest absolute Gasteiger partial charge is 0.200 e. The standard InChI is InChI=1S/C9H11NS/c1-4-5-9-8(7(2)3)6-10-11-9/h4-6H,2H2,1,3H3/b5-4-. The molecule has 0 saturated heterocycles. The van der Waals surface area contributed by atoms with Crippen LogP contribution in [-0.2, 0) is 0 Å². The van der Waals surface area contributed by atoms with Crippen LogP contribution in [0.1, 0.15) is 24.3 Å². The molecule has 1 heterocycles. The predicted molar refractivity (Wildman–Crippen MR) is 51.5 cm³/mol. The maximum Gasteiger partial charge on any atom is 0.0549 e. The van der Waals surface area contributed by atoms with Crippen LogP contribution in [0.4, 0.5) is 0 Å². The first-order valence-electron chi connectivity index (χ1n) is 3.49. The van der Waals surface area contributed by atoms with Crippen molar-refractivity contribution in [2.24, 2.45) is 0 Å². The zero-order chi connectivity index (χ0) is 8.27. The van der Waals surface area contributed by atoms with Gasteiger partial charge < -0.3 is 0 Å². The van der Waals surface area contributed by atoms with Crippen LogP contribution in [0.3, 0.4) is 0 Å². The van der Waals surface area contributed by atoms with Gasteiger partial charge >= 0.3 is 0 Å². The Morgan fingerprint density at radius 2 is 2.45 bits per heavy atom. The van der Waals surface area contributed by atoms with E-state index in [9.17, 15) is 0 Å². The van der Waals surface area contributed by atoms with Crippen molar-refractivity contribution in [3.63, 3.8) is 0 Å². The van der Waals surface area contributed by atoms with Crippen LogP contribution < -0.4 is 0 Å². The molecule has 2 heteroatoms. The highest BCUT2D eigenvalue weighted by atomic mass is 32.1. The Kier molecular flexibility index (Phi) is 2.60. The molecule has 1 rings (SSSR count). The molecule has 1 nitrogen and oxygen atoms in total. The molecule has 0 aromatic carbocycles. The van der Waals surface area contributed by atoms with Gasteiger partial charge in [-0.2, -0.15) is 4.37 Å². The summed E-state index contributed by atoms with van der Waals surface area (Å²) in [6, 6.07) is 0. The van der Waals surface area contributed by atoms with Crippen molar-refractivity contribution in [2.45, 2.75) is 13.8 Å². The fourth-order valence-electron chi connectivity index (χ4n) is 0.841. The summed E-state index contributed by atoms with van der Waals surface area (Å²) in [5.41, 5.74) is 2.24. The van der Waals surface area contributed by atoms with E-state index < -0.39 is 0 Å². The molecule has 0 spiro atoms. The normalized spacial score (nSPS) is 10.7. The minimum atomic E-state index is 1.08. The molecule has 0 fully saturated rings. The highest BCUT2D eigenvalue weighted by molar-refractivity contribution is 7.07. The van der Waals surface area contributed by atoms with Gasteiger partial charge in [0.15, 0.2) is 0 Å². The van der Waals surface area contributed by atoms with E-state index in [1.54, 1.807) is 0 Å². The fraction of sp³-hybridized carbons (Fsp3) is 0.222. The molecule has 0 atom stereocenters. The number of aromatic nitrogens is 1. The Hall–Kier alpha value is -0.890. The number of nitrogens with zero attached hydrogens (tertiary/aromatic N) is 1. The van der Waals surface area contributed by atoms with Gasteiger partial charge in [0, 0.05) is 11.8 Å². The third-order valence-corrected chi connectivity index (χ3v) is 2.14. The van der Waals surface area contributed by atoms with Crippen molar-refractivity contribution < 1.29 is 0 Å². The average molecular weight is 165 g/mol. The molecule has 1 aromatic heterocycles. The Morgan fingerprint density at radius 1 is 1.73 bits per heavy atom. The molecule has 0 amide bonds. The third-order valence-electron chi connectivity index (χ3n) is 1.38. The van der Waals surface area contributed by atoms with Crippen molar-refractivity contribution in [1.29, 1.82) is 0 Å². The van der Waals surface area contributed by atoms with E-state index in [0.717, 1.165) is 11.1 Å². The molecule has 0 bridgehead atoms. The first-order valence-corrected chi connectivity index (χ1v) is 4.26. The zero-order valence-electron chi connectivity index (χ0n) is 6.79.